The molecule has 0 aliphatic carbocycles. The Morgan fingerprint density at radius 2 is 1.91 bits per heavy atom. The summed E-state index contributed by atoms with van der Waals surface area (Å²) >= 11 is 0. The molecular formula is C17H17NO5. The highest BCUT2D eigenvalue weighted by atomic mass is 16.6. The molecule has 0 aliphatic rings. The van der Waals surface area contributed by atoms with Gasteiger partial charge in [-0.05, 0) is 18.1 Å². The number of aromatic hydroxyl groups is 1. The molecule has 0 heterocycles. The minimum Gasteiger partial charge on any atom is -0.507 e. The number of nitro groups is 1. The van der Waals surface area contributed by atoms with E-state index in [1.54, 1.807) is 30.3 Å². The van der Waals surface area contributed by atoms with Gasteiger partial charge < -0.3 is 9.84 Å². The molecule has 1 N–H and O–H groups in total. The van der Waals surface area contributed by atoms with E-state index in [0.29, 0.717) is 12.0 Å². The molecule has 0 saturated carbocycles. The van der Waals surface area contributed by atoms with Crippen LogP contribution in [-0.2, 0) is 11.2 Å². The van der Waals surface area contributed by atoms with Gasteiger partial charge in [-0.2, -0.15) is 0 Å². The first-order chi connectivity index (χ1) is 11.0. The third-order valence-corrected chi connectivity index (χ3v) is 3.56. The van der Waals surface area contributed by atoms with E-state index in [9.17, 15) is 20.0 Å². The van der Waals surface area contributed by atoms with E-state index in [-0.39, 0.29) is 28.1 Å². The molecule has 23 heavy (non-hydrogen) atoms. The highest BCUT2D eigenvalue weighted by molar-refractivity contribution is 6.01. The van der Waals surface area contributed by atoms with E-state index in [1.807, 2.05) is 6.92 Å². The summed E-state index contributed by atoms with van der Waals surface area (Å²) in [4.78, 5) is 22.8. The fourth-order valence-electron chi connectivity index (χ4n) is 2.50. The molecule has 2 aromatic rings. The van der Waals surface area contributed by atoms with Crippen molar-refractivity contribution >= 4 is 11.7 Å². The number of hydrogen-bond donors (Lipinski definition) is 1. The lowest BCUT2D eigenvalue weighted by atomic mass is 9.94. The number of phenolic OH excluding ortho intramolecular Hbond substituents is 1. The van der Waals surface area contributed by atoms with E-state index >= 15 is 0 Å². The summed E-state index contributed by atoms with van der Waals surface area (Å²) < 4.78 is 4.74. The minimum absolute atomic E-state index is 0.0484. The number of phenols is 1. The molecule has 0 spiro atoms. The number of carbonyl (C=O) groups is 1. The SMILES string of the molecule is CCCc1ccc(-c2ccccc2[N+](=O)[O-])c(C(=O)OC)c1O. The number of benzene rings is 2. The zero-order valence-corrected chi connectivity index (χ0v) is 12.9. The summed E-state index contributed by atoms with van der Waals surface area (Å²) in [5.41, 5.74) is 0.959. The Morgan fingerprint density at radius 3 is 2.52 bits per heavy atom. The van der Waals surface area contributed by atoms with Crippen LogP contribution in [0.4, 0.5) is 5.69 Å². The number of esters is 1. The third-order valence-electron chi connectivity index (χ3n) is 3.56. The smallest absolute Gasteiger partial charge is 0.342 e. The van der Waals surface area contributed by atoms with Crippen molar-refractivity contribution in [3.8, 4) is 16.9 Å². The Labute approximate surface area is 133 Å². The topological polar surface area (TPSA) is 89.7 Å². The summed E-state index contributed by atoms with van der Waals surface area (Å²) in [6.45, 7) is 1.95. The second kappa shape index (κ2) is 6.91. The molecule has 2 aromatic carbocycles. The Hall–Kier alpha value is -2.89. The number of nitrogens with zero attached hydrogens (tertiary/aromatic N) is 1. The Kier molecular flexibility index (Phi) is 4.95. The van der Waals surface area contributed by atoms with Crippen molar-refractivity contribution in [1.29, 1.82) is 0 Å². The largest absolute Gasteiger partial charge is 0.507 e. The average molecular weight is 315 g/mol. The molecule has 6 nitrogen and oxygen atoms in total. The first-order valence-corrected chi connectivity index (χ1v) is 7.18. The number of carbonyl (C=O) groups excluding carboxylic acids is 1. The summed E-state index contributed by atoms with van der Waals surface area (Å²) in [6, 6.07) is 9.37. The molecular weight excluding hydrogens is 298 g/mol. The van der Waals surface area contributed by atoms with Gasteiger partial charge in [0, 0.05) is 11.6 Å². The predicted octanol–water partition coefficient (Wildman–Crippen LogP) is 3.71. The van der Waals surface area contributed by atoms with Gasteiger partial charge in [-0.25, -0.2) is 4.79 Å². The average Bonchev–Trinajstić information content (AvgIpc) is 2.56. The maximum absolute atomic E-state index is 12.1. The van der Waals surface area contributed by atoms with Crippen LogP contribution in [-0.4, -0.2) is 23.1 Å². The van der Waals surface area contributed by atoms with Crippen molar-refractivity contribution in [2.24, 2.45) is 0 Å². The maximum atomic E-state index is 12.1. The molecule has 0 atom stereocenters. The van der Waals surface area contributed by atoms with E-state index in [4.69, 9.17) is 4.74 Å². The quantitative estimate of drug-likeness (QED) is 0.516. The van der Waals surface area contributed by atoms with Gasteiger partial charge in [-0.3, -0.25) is 10.1 Å². The van der Waals surface area contributed by atoms with Gasteiger partial charge in [0.05, 0.1) is 17.6 Å². The molecule has 0 aliphatic heterocycles. The van der Waals surface area contributed by atoms with Crippen molar-refractivity contribution in [2.45, 2.75) is 19.8 Å². The normalized spacial score (nSPS) is 10.3. The molecule has 0 saturated heterocycles. The Bertz CT molecular complexity index is 755. The Balaban J connectivity index is 2.75. The fourth-order valence-corrected chi connectivity index (χ4v) is 2.50. The van der Waals surface area contributed by atoms with Crippen molar-refractivity contribution < 1.29 is 19.6 Å². The molecule has 0 amide bonds. The van der Waals surface area contributed by atoms with Crippen LogP contribution in [0.1, 0.15) is 29.3 Å². The lowest BCUT2D eigenvalue weighted by Crippen LogP contribution is -2.06. The summed E-state index contributed by atoms with van der Waals surface area (Å²) in [7, 11) is 1.21. The number of methoxy groups -OCH3 is 1. The van der Waals surface area contributed by atoms with Crippen LogP contribution in [0.5, 0.6) is 5.75 Å². The second-order valence-electron chi connectivity index (χ2n) is 5.01. The van der Waals surface area contributed by atoms with Gasteiger partial charge in [0.15, 0.2) is 0 Å². The number of hydrogen-bond acceptors (Lipinski definition) is 5. The van der Waals surface area contributed by atoms with Gasteiger partial charge in [-0.15, -0.1) is 0 Å². The monoisotopic (exact) mass is 315 g/mol. The highest BCUT2D eigenvalue weighted by Gasteiger charge is 2.25. The molecule has 0 bridgehead atoms. The predicted molar refractivity (Wildman–Crippen MR) is 85.5 cm³/mol. The van der Waals surface area contributed by atoms with E-state index in [1.165, 1.54) is 13.2 Å². The Morgan fingerprint density at radius 1 is 1.22 bits per heavy atom. The second-order valence-corrected chi connectivity index (χ2v) is 5.01. The van der Waals surface area contributed by atoms with Crippen LogP contribution in [0.25, 0.3) is 11.1 Å². The van der Waals surface area contributed by atoms with E-state index in [2.05, 4.69) is 0 Å². The number of nitro benzene ring substituents is 1. The maximum Gasteiger partial charge on any atom is 0.342 e. The van der Waals surface area contributed by atoms with Crippen LogP contribution in [0.15, 0.2) is 36.4 Å². The first-order valence-electron chi connectivity index (χ1n) is 7.18. The van der Waals surface area contributed by atoms with Crippen molar-refractivity contribution in [2.75, 3.05) is 7.11 Å². The molecule has 120 valence electrons. The fraction of sp³-hybridized carbons (Fsp3) is 0.235. The van der Waals surface area contributed by atoms with Crippen LogP contribution < -0.4 is 0 Å². The number of ether oxygens (including phenoxy) is 1. The van der Waals surface area contributed by atoms with Gasteiger partial charge in [-0.1, -0.05) is 37.6 Å². The molecule has 6 heteroatoms. The summed E-state index contributed by atoms with van der Waals surface area (Å²) in [6.07, 6.45) is 1.38. The van der Waals surface area contributed by atoms with Gasteiger partial charge in [0.25, 0.3) is 5.69 Å². The van der Waals surface area contributed by atoms with Gasteiger partial charge in [0.2, 0.25) is 0 Å². The number of para-hydroxylation sites is 1. The molecule has 0 unspecified atom stereocenters. The minimum atomic E-state index is -0.728. The van der Waals surface area contributed by atoms with Crippen LogP contribution >= 0.6 is 0 Å². The van der Waals surface area contributed by atoms with Crippen LogP contribution in [0.2, 0.25) is 0 Å². The highest BCUT2D eigenvalue weighted by Crippen LogP contribution is 2.38. The van der Waals surface area contributed by atoms with Crippen LogP contribution in [0.3, 0.4) is 0 Å². The van der Waals surface area contributed by atoms with Crippen LogP contribution in [0, 0.1) is 10.1 Å². The van der Waals surface area contributed by atoms with E-state index < -0.39 is 10.9 Å². The first kappa shape index (κ1) is 16.5. The molecule has 0 aromatic heterocycles. The lowest BCUT2D eigenvalue weighted by Gasteiger charge is -2.13. The molecule has 0 fully saturated rings. The van der Waals surface area contributed by atoms with Crippen molar-refractivity contribution in [3.05, 3.63) is 57.6 Å². The number of rotatable bonds is 5. The lowest BCUT2D eigenvalue weighted by molar-refractivity contribution is -0.384. The number of aryl methyl sites for hydroxylation is 1. The van der Waals surface area contributed by atoms with E-state index in [0.717, 1.165) is 6.42 Å². The molecule has 0 radical (unpaired) electrons. The third kappa shape index (κ3) is 3.15. The van der Waals surface area contributed by atoms with Crippen molar-refractivity contribution in [1.82, 2.24) is 0 Å². The summed E-state index contributed by atoms with van der Waals surface area (Å²) in [5.74, 6) is -0.914. The van der Waals surface area contributed by atoms with Gasteiger partial charge >= 0.3 is 5.97 Å². The van der Waals surface area contributed by atoms with Gasteiger partial charge in [0.1, 0.15) is 11.3 Å². The zero-order valence-electron chi connectivity index (χ0n) is 12.9. The standard InChI is InChI=1S/C17H17NO5/c1-3-6-11-9-10-13(15(16(11)19)17(20)23-2)12-7-4-5-8-14(12)18(21)22/h4-5,7-10,19H,3,6H2,1-2H3. The van der Waals surface area contributed by atoms with Crippen molar-refractivity contribution in [3.63, 3.8) is 0 Å². The summed E-state index contributed by atoms with van der Waals surface area (Å²) in [5, 5.41) is 21.6. The molecule has 2 rings (SSSR count). The zero-order chi connectivity index (χ0) is 17.0.